The van der Waals surface area contributed by atoms with Crippen LogP contribution in [0.1, 0.15) is 25.7 Å². The van der Waals surface area contributed by atoms with Crippen LogP contribution in [0.2, 0.25) is 0 Å². The van der Waals surface area contributed by atoms with Crippen molar-refractivity contribution in [3.8, 4) is 0 Å². The standard InChI is InChI=1S/C13H27N3O2/c1-15(2)11-6-4-8-16(10-11)13(17)12(14)7-5-9-18-3/h11-12H,4-10,14H2,1-3H3. The number of hydrogen-bond acceptors (Lipinski definition) is 4. The van der Waals surface area contributed by atoms with Gasteiger partial charge in [-0.2, -0.15) is 0 Å². The molecule has 2 atom stereocenters. The van der Waals surface area contributed by atoms with Gasteiger partial charge >= 0.3 is 0 Å². The summed E-state index contributed by atoms with van der Waals surface area (Å²) in [6.07, 6.45) is 3.78. The van der Waals surface area contributed by atoms with Gasteiger partial charge in [0.15, 0.2) is 0 Å². The summed E-state index contributed by atoms with van der Waals surface area (Å²) in [6.45, 7) is 2.33. The van der Waals surface area contributed by atoms with Crippen molar-refractivity contribution in [1.82, 2.24) is 9.80 Å². The largest absolute Gasteiger partial charge is 0.385 e. The van der Waals surface area contributed by atoms with Crippen LogP contribution in [0.15, 0.2) is 0 Å². The topological polar surface area (TPSA) is 58.8 Å². The van der Waals surface area contributed by atoms with Crippen molar-refractivity contribution in [3.63, 3.8) is 0 Å². The first-order valence-corrected chi connectivity index (χ1v) is 6.76. The summed E-state index contributed by atoms with van der Waals surface area (Å²) in [6, 6.07) is 0.0925. The molecule has 0 aromatic rings. The zero-order valence-corrected chi connectivity index (χ0v) is 11.9. The van der Waals surface area contributed by atoms with E-state index in [9.17, 15) is 4.79 Å². The Morgan fingerprint density at radius 3 is 2.89 bits per heavy atom. The molecule has 1 rings (SSSR count). The third-order valence-corrected chi connectivity index (χ3v) is 3.62. The number of piperidine rings is 1. The van der Waals surface area contributed by atoms with Gasteiger partial charge in [-0.3, -0.25) is 4.79 Å². The molecule has 2 N–H and O–H groups in total. The number of carbonyl (C=O) groups excluding carboxylic acids is 1. The molecule has 1 fully saturated rings. The van der Waals surface area contributed by atoms with Gasteiger partial charge in [-0.15, -0.1) is 0 Å². The van der Waals surface area contributed by atoms with E-state index in [0.717, 1.165) is 32.4 Å². The van der Waals surface area contributed by atoms with Crippen LogP contribution < -0.4 is 5.73 Å². The third-order valence-electron chi connectivity index (χ3n) is 3.62. The summed E-state index contributed by atoms with van der Waals surface area (Å²) in [5.41, 5.74) is 5.95. The molecule has 5 nitrogen and oxygen atoms in total. The fourth-order valence-electron chi connectivity index (χ4n) is 2.38. The Kier molecular flexibility index (Phi) is 6.60. The minimum absolute atomic E-state index is 0.0950. The molecule has 1 saturated heterocycles. The molecular weight excluding hydrogens is 230 g/mol. The number of nitrogens with zero attached hydrogens (tertiary/aromatic N) is 2. The van der Waals surface area contributed by atoms with E-state index in [0.29, 0.717) is 19.1 Å². The number of carbonyl (C=O) groups is 1. The Hall–Kier alpha value is -0.650. The van der Waals surface area contributed by atoms with Gasteiger partial charge in [-0.1, -0.05) is 0 Å². The Morgan fingerprint density at radius 2 is 2.28 bits per heavy atom. The normalized spacial score (nSPS) is 22.3. The zero-order chi connectivity index (χ0) is 13.5. The third kappa shape index (κ3) is 4.55. The number of nitrogens with two attached hydrogens (primary N) is 1. The SMILES string of the molecule is COCCCC(N)C(=O)N1CCCC(N(C)C)C1. The van der Waals surface area contributed by atoms with E-state index >= 15 is 0 Å². The highest BCUT2D eigenvalue weighted by atomic mass is 16.5. The first-order valence-electron chi connectivity index (χ1n) is 6.76. The maximum Gasteiger partial charge on any atom is 0.239 e. The first-order chi connectivity index (χ1) is 8.56. The summed E-state index contributed by atoms with van der Waals surface area (Å²) in [7, 11) is 5.80. The summed E-state index contributed by atoms with van der Waals surface area (Å²) in [4.78, 5) is 16.3. The van der Waals surface area contributed by atoms with E-state index < -0.39 is 0 Å². The molecule has 0 radical (unpaired) electrons. The zero-order valence-electron chi connectivity index (χ0n) is 11.9. The van der Waals surface area contributed by atoms with E-state index in [4.69, 9.17) is 10.5 Å². The van der Waals surface area contributed by atoms with Crippen LogP contribution in [-0.2, 0) is 9.53 Å². The summed E-state index contributed by atoms with van der Waals surface area (Å²) in [5, 5.41) is 0. The Bertz CT molecular complexity index is 259. The fraction of sp³-hybridized carbons (Fsp3) is 0.923. The number of methoxy groups -OCH3 is 1. The second kappa shape index (κ2) is 7.71. The highest BCUT2D eigenvalue weighted by molar-refractivity contribution is 5.81. The molecule has 1 aliphatic heterocycles. The van der Waals surface area contributed by atoms with Crippen LogP contribution >= 0.6 is 0 Å². The van der Waals surface area contributed by atoms with Crippen LogP contribution in [0.25, 0.3) is 0 Å². The van der Waals surface area contributed by atoms with Gasteiger partial charge in [0.2, 0.25) is 5.91 Å². The smallest absolute Gasteiger partial charge is 0.239 e. The number of likely N-dealkylation sites (tertiary alicyclic amines) is 1. The van der Waals surface area contributed by atoms with E-state index in [2.05, 4.69) is 19.0 Å². The average Bonchev–Trinajstić information content (AvgIpc) is 2.38. The van der Waals surface area contributed by atoms with Gasteiger partial charge < -0.3 is 20.3 Å². The van der Waals surface area contributed by atoms with Crippen molar-refractivity contribution >= 4 is 5.91 Å². The second-order valence-electron chi connectivity index (χ2n) is 5.29. The summed E-state index contributed by atoms with van der Waals surface area (Å²) in [5.74, 6) is 0.0950. The van der Waals surface area contributed by atoms with Crippen molar-refractivity contribution in [2.24, 2.45) is 5.73 Å². The maximum absolute atomic E-state index is 12.2. The van der Waals surface area contributed by atoms with Crippen LogP contribution in [0, 0.1) is 0 Å². The van der Waals surface area contributed by atoms with Crippen molar-refractivity contribution in [3.05, 3.63) is 0 Å². The molecule has 0 spiro atoms. The highest BCUT2D eigenvalue weighted by Gasteiger charge is 2.27. The van der Waals surface area contributed by atoms with E-state index in [1.54, 1.807) is 7.11 Å². The van der Waals surface area contributed by atoms with Crippen LogP contribution in [-0.4, -0.2) is 68.7 Å². The quantitative estimate of drug-likeness (QED) is 0.695. The predicted octanol–water partition coefficient (Wildman–Crippen LogP) is 0.293. The van der Waals surface area contributed by atoms with Crippen molar-refractivity contribution in [2.45, 2.75) is 37.8 Å². The molecule has 1 amide bonds. The molecule has 0 aromatic heterocycles. The lowest BCUT2D eigenvalue weighted by molar-refractivity contribution is -0.134. The van der Waals surface area contributed by atoms with Crippen LogP contribution in [0.4, 0.5) is 0 Å². The number of likely N-dealkylation sites (N-methyl/N-ethyl adjacent to an activating group) is 1. The number of rotatable bonds is 6. The lowest BCUT2D eigenvalue weighted by Gasteiger charge is -2.37. The van der Waals surface area contributed by atoms with E-state index in [1.165, 1.54) is 0 Å². The lowest BCUT2D eigenvalue weighted by atomic mass is 10.0. The molecule has 0 aliphatic carbocycles. The monoisotopic (exact) mass is 257 g/mol. The Morgan fingerprint density at radius 1 is 1.56 bits per heavy atom. The molecule has 0 saturated carbocycles. The highest BCUT2D eigenvalue weighted by Crippen LogP contribution is 2.15. The van der Waals surface area contributed by atoms with Crippen molar-refractivity contribution in [2.75, 3.05) is 40.9 Å². The Balaban J connectivity index is 2.40. The maximum atomic E-state index is 12.2. The molecule has 18 heavy (non-hydrogen) atoms. The molecule has 2 unspecified atom stereocenters. The number of hydrogen-bond donors (Lipinski definition) is 1. The Labute approximate surface area is 110 Å². The number of ether oxygens (including phenoxy) is 1. The van der Waals surface area contributed by atoms with Gasteiger partial charge in [0, 0.05) is 32.8 Å². The van der Waals surface area contributed by atoms with Crippen molar-refractivity contribution < 1.29 is 9.53 Å². The van der Waals surface area contributed by atoms with Gasteiger partial charge in [-0.05, 0) is 39.8 Å². The number of amides is 1. The van der Waals surface area contributed by atoms with E-state index in [-0.39, 0.29) is 11.9 Å². The van der Waals surface area contributed by atoms with Crippen molar-refractivity contribution in [1.29, 1.82) is 0 Å². The molecule has 1 aliphatic rings. The van der Waals surface area contributed by atoms with Gasteiger partial charge in [0.1, 0.15) is 0 Å². The minimum Gasteiger partial charge on any atom is -0.385 e. The lowest BCUT2D eigenvalue weighted by Crippen LogP contribution is -2.52. The fourth-order valence-corrected chi connectivity index (χ4v) is 2.38. The molecule has 5 heteroatoms. The molecule has 106 valence electrons. The molecular formula is C13H27N3O2. The van der Waals surface area contributed by atoms with Gasteiger partial charge in [-0.25, -0.2) is 0 Å². The second-order valence-corrected chi connectivity index (χ2v) is 5.29. The molecule has 1 heterocycles. The van der Waals surface area contributed by atoms with E-state index in [1.807, 2.05) is 4.90 Å². The van der Waals surface area contributed by atoms with Gasteiger partial charge in [0.05, 0.1) is 6.04 Å². The van der Waals surface area contributed by atoms with Gasteiger partial charge in [0.25, 0.3) is 0 Å². The predicted molar refractivity (Wildman–Crippen MR) is 72.4 cm³/mol. The average molecular weight is 257 g/mol. The van der Waals surface area contributed by atoms with Crippen LogP contribution in [0.3, 0.4) is 0 Å². The summed E-state index contributed by atoms with van der Waals surface area (Å²) >= 11 is 0. The minimum atomic E-state index is -0.374. The first kappa shape index (κ1) is 15.4. The van der Waals surface area contributed by atoms with Crippen LogP contribution in [0.5, 0.6) is 0 Å². The molecule has 0 aromatic carbocycles. The molecule has 0 bridgehead atoms. The summed E-state index contributed by atoms with van der Waals surface area (Å²) < 4.78 is 4.98.